The first kappa shape index (κ1) is 27.8. The average molecular weight is 551 g/mol. The molecule has 0 radical (unpaired) electrons. The number of hydrogen-bond acceptors (Lipinski definition) is 8. The second-order valence-electron chi connectivity index (χ2n) is 11.2. The van der Waals surface area contributed by atoms with Crippen LogP contribution in [-0.4, -0.2) is 77.0 Å². The van der Waals surface area contributed by atoms with Crippen LogP contribution in [0.25, 0.3) is 11.0 Å². The lowest BCUT2D eigenvalue weighted by Crippen LogP contribution is -2.49. The van der Waals surface area contributed by atoms with Crippen LogP contribution in [0.3, 0.4) is 0 Å². The number of likely N-dealkylation sites (tertiary alicyclic amines) is 1. The molecule has 1 saturated heterocycles. The number of piperidine rings is 1. The molecule has 1 amide bonds. The van der Waals surface area contributed by atoms with Crippen molar-refractivity contribution < 1.29 is 23.7 Å². The van der Waals surface area contributed by atoms with E-state index in [4.69, 9.17) is 18.9 Å². The third kappa shape index (κ3) is 6.50. The Balaban J connectivity index is 1.26. The lowest BCUT2D eigenvalue weighted by molar-refractivity contribution is 0.00562. The second-order valence-corrected chi connectivity index (χ2v) is 11.2. The first-order chi connectivity index (χ1) is 19.2. The second kappa shape index (κ2) is 11.8. The minimum Gasteiger partial charge on any atom is -0.486 e. The lowest BCUT2D eigenvalue weighted by atomic mass is 10.0. The number of rotatable bonds is 7. The van der Waals surface area contributed by atoms with E-state index in [9.17, 15) is 9.59 Å². The molecule has 4 heterocycles. The van der Waals surface area contributed by atoms with Gasteiger partial charge >= 0.3 is 6.09 Å². The third-order valence-electron chi connectivity index (χ3n) is 7.24. The predicted molar refractivity (Wildman–Crippen MR) is 151 cm³/mol. The summed E-state index contributed by atoms with van der Waals surface area (Å²) in [7, 11) is 1.57. The zero-order chi connectivity index (χ0) is 28.3. The fourth-order valence-electron chi connectivity index (χ4n) is 5.22. The van der Waals surface area contributed by atoms with E-state index in [1.54, 1.807) is 29.9 Å². The molecular formula is C30H38N4O6. The summed E-state index contributed by atoms with van der Waals surface area (Å²) in [4.78, 5) is 34.7. The normalized spacial score (nSPS) is 16.1. The van der Waals surface area contributed by atoms with Gasteiger partial charge in [-0.3, -0.25) is 9.36 Å². The summed E-state index contributed by atoms with van der Waals surface area (Å²) in [6.07, 6.45) is 1.30. The van der Waals surface area contributed by atoms with Crippen molar-refractivity contribution in [2.45, 2.75) is 58.3 Å². The molecule has 2 aliphatic heterocycles. The van der Waals surface area contributed by atoms with E-state index in [0.717, 1.165) is 42.6 Å². The highest BCUT2D eigenvalue weighted by atomic mass is 16.6. The maximum Gasteiger partial charge on any atom is 0.410 e. The summed E-state index contributed by atoms with van der Waals surface area (Å²) in [5, 5.41) is 0.895. The Morgan fingerprint density at radius 2 is 1.75 bits per heavy atom. The number of ether oxygens (including phenoxy) is 4. The van der Waals surface area contributed by atoms with Crippen LogP contribution < -0.4 is 19.8 Å². The Kier molecular flexibility index (Phi) is 8.16. The molecule has 1 aromatic carbocycles. The number of fused-ring (bicyclic) bond motifs is 2. The van der Waals surface area contributed by atoms with Gasteiger partial charge in [0.25, 0.3) is 5.56 Å². The van der Waals surface area contributed by atoms with Crippen LogP contribution in [0.15, 0.2) is 47.3 Å². The highest BCUT2D eigenvalue weighted by Gasteiger charge is 2.31. The number of amides is 1. The van der Waals surface area contributed by atoms with Crippen molar-refractivity contribution in [2.24, 2.45) is 0 Å². The fraction of sp³-hybridized carbons (Fsp3) is 0.500. The number of nitrogens with zero attached hydrogens (tertiary/aromatic N) is 4. The summed E-state index contributed by atoms with van der Waals surface area (Å²) in [5.41, 5.74) is 0.914. The smallest absolute Gasteiger partial charge is 0.410 e. The Labute approximate surface area is 234 Å². The van der Waals surface area contributed by atoms with Gasteiger partial charge in [-0.2, -0.15) is 4.98 Å². The minimum atomic E-state index is -0.592. The monoisotopic (exact) mass is 550 g/mol. The minimum absolute atomic E-state index is 0.0329. The van der Waals surface area contributed by atoms with E-state index in [1.807, 2.05) is 49.9 Å². The van der Waals surface area contributed by atoms with Crippen molar-refractivity contribution in [1.82, 2.24) is 19.4 Å². The topological polar surface area (TPSA) is 95.4 Å². The van der Waals surface area contributed by atoms with Gasteiger partial charge in [0.2, 0.25) is 5.88 Å². The van der Waals surface area contributed by atoms with Crippen molar-refractivity contribution in [3.05, 3.63) is 58.4 Å². The van der Waals surface area contributed by atoms with Gasteiger partial charge in [0.1, 0.15) is 24.5 Å². The van der Waals surface area contributed by atoms with E-state index < -0.39 is 5.60 Å². The summed E-state index contributed by atoms with van der Waals surface area (Å²) in [6, 6.07) is 12.9. The SMILES string of the molecule is COc1ccc2ccc(=O)n(CCN3CCC(N(Cc4ccc5c(c4)OCCO5)C(=O)OC(C)(C)C)CC3)c2n1. The molecule has 10 nitrogen and oxygen atoms in total. The van der Waals surface area contributed by atoms with Crippen molar-refractivity contribution in [2.75, 3.05) is 40.0 Å². The summed E-state index contributed by atoms with van der Waals surface area (Å²) in [5.74, 6) is 1.91. The van der Waals surface area contributed by atoms with Gasteiger partial charge in [0.05, 0.1) is 7.11 Å². The summed E-state index contributed by atoms with van der Waals surface area (Å²) < 4.78 is 24.2. The number of aromatic nitrogens is 2. The number of benzene rings is 1. The number of methoxy groups -OCH3 is 1. The molecule has 1 fully saturated rings. The van der Waals surface area contributed by atoms with Crippen LogP contribution in [0.5, 0.6) is 17.4 Å². The van der Waals surface area contributed by atoms with Crippen LogP contribution >= 0.6 is 0 Å². The summed E-state index contributed by atoms with van der Waals surface area (Å²) >= 11 is 0. The molecule has 10 heteroatoms. The molecule has 40 heavy (non-hydrogen) atoms. The number of carbonyl (C=O) groups excluding carboxylic acids is 1. The molecule has 0 aliphatic carbocycles. The van der Waals surface area contributed by atoms with E-state index in [2.05, 4.69) is 9.88 Å². The van der Waals surface area contributed by atoms with Gasteiger partial charge in [-0.15, -0.1) is 0 Å². The molecule has 3 aromatic rings. The van der Waals surface area contributed by atoms with Gasteiger partial charge in [0.15, 0.2) is 11.5 Å². The molecule has 214 valence electrons. The first-order valence-electron chi connectivity index (χ1n) is 13.9. The molecule has 0 atom stereocenters. The zero-order valence-corrected chi connectivity index (χ0v) is 23.7. The van der Waals surface area contributed by atoms with Gasteiger partial charge in [-0.25, -0.2) is 4.79 Å². The Hall–Kier alpha value is -3.79. The van der Waals surface area contributed by atoms with Gasteiger partial charge in [0, 0.05) is 56.3 Å². The first-order valence-corrected chi connectivity index (χ1v) is 13.9. The number of hydrogen-bond donors (Lipinski definition) is 0. The Bertz CT molecular complexity index is 1410. The van der Waals surface area contributed by atoms with E-state index in [-0.39, 0.29) is 17.7 Å². The molecule has 2 aromatic heterocycles. The standard InChI is InChI=1S/C30H38N4O6/c1-30(2,3)40-29(36)34(20-21-5-8-24-25(19-21)39-18-17-38-24)23-11-13-32(14-12-23)15-16-33-27(35)10-7-22-6-9-26(37-4)31-28(22)33/h5-10,19,23H,11-18,20H2,1-4H3. The van der Waals surface area contributed by atoms with Crippen molar-refractivity contribution in [1.29, 1.82) is 0 Å². The maximum atomic E-state index is 13.3. The van der Waals surface area contributed by atoms with Gasteiger partial charge in [-0.1, -0.05) is 6.07 Å². The highest BCUT2D eigenvalue weighted by molar-refractivity contribution is 5.75. The largest absolute Gasteiger partial charge is 0.486 e. The maximum absolute atomic E-state index is 13.3. The zero-order valence-electron chi connectivity index (χ0n) is 23.7. The molecule has 0 spiro atoms. The fourth-order valence-corrected chi connectivity index (χ4v) is 5.22. The van der Waals surface area contributed by atoms with Gasteiger partial charge in [-0.05, 0) is 63.4 Å². The van der Waals surface area contributed by atoms with E-state index in [0.29, 0.717) is 50.1 Å². The van der Waals surface area contributed by atoms with E-state index >= 15 is 0 Å². The number of carbonyl (C=O) groups is 1. The van der Waals surface area contributed by atoms with Gasteiger partial charge < -0.3 is 28.7 Å². The quantitative estimate of drug-likeness (QED) is 0.434. The van der Waals surface area contributed by atoms with Crippen molar-refractivity contribution >= 4 is 17.1 Å². The van der Waals surface area contributed by atoms with E-state index in [1.165, 1.54) is 0 Å². The highest BCUT2D eigenvalue weighted by Crippen LogP contribution is 2.32. The average Bonchev–Trinajstić information content (AvgIpc) is 2.94. The molecule has 0 bridgehead atoms. The van der Waals surface area contributed by atoms with Crippen LogP contribution in [-0.2, 0) is 17.8 Å². The number of pyridine rings is 2. The van der Waals surface area contributed by atoms with Crippen LogP contribution in [0.2, 0.25) is 0 Å². The Morgan fingerprint density at radius 1 is 1.02 bits per heavy atom. The predicted octanol–water partition coefficient (Wildman–Crippen LogP) is 4.08. The Morgan fingerprint density at radius 3 is 2.48 bits per heavy atom. The third-order valence-corrected chi connectivity index (χ3v) is 7.24. The summed E-state index contributed by atoms with van der Waals surface area (Å²) in [6.45, 7) is 9.97. The lowest BCUT2D eigenvalue weighted by Gasteiger charge is -2.39. The van der Waals surface area contributed by atoms with Crippen LogP contribution in [0.1, 0.15) is 39.2 Å². The van der Waals surface area contributed by atoms with Crippen LogP contribution in [0, 0.1) is 0 Å². The molecule has 0 unspecified atom stereocenters. The van der Waals surface area contributed by atoms with Crippen LogP contribution in [0.4, 0.5) is 4.79 Å². The van der Waals surface area contributed by atoms with Crippen molar-refractivity contribution in [3.8, 4) is 17.4 Å². The van der Waals surface area contributed by atoms with Crippen molar-refractivity contribution in [3.63, 3.8) is 0 Å². The molecular weight excluding hydrogens is 512 g/mol. The molecule has 0 saturated carbocycles. The molecule has 2 aliphatic rings. The molecule has 5 rings (SSSR count). The molecule has 0 N–H and O–H groups in total.